The van der Waals surface area contributed by atoms with Crippen LogP contribution in [0.2, 0.25) is 5.15 Å². The quantitative estimate of drug-likeness (QED) is 0.759. The number of aromatic nitrogens is 1. The van der Waals surface area contributed by atoms with E-state index < -0.39 is 0 Å². The van der Waals surface area contributed by atoms with Gasteiger partial charge < -0.3 is 9.30 Å². The molecule has 0 radical (unpaired) electrons. The number of aryl methyl sites for hydroxylation is 2. The van der Waals surface area contributed by atoms with Gasteiger partial charge in [-0.15, -0.1) is 0 Å². The summed E-state index contributed by atoms with van der Waals surface area (Å²) in [6.45, 7) is 4.97. The molecule has 0 saturated heterocycles. The molecule has 0 atom stereocenters. The number of halogens is 1. The largest absolute Gasteiger partial charge is 0.495 e. The van der Waals surface area contributed by atoms with Gasteiger partial charge in [0.1, 0.15) is 10.9 Å². The molecule has 0 bridgehead atoms. The summed E-state index contributed by atoms with van der Waals surface area (Å²) in [6.07, 6.45) is 0. The Morgan fingerprint density at radius 3 is 2.73 bits per heavy atom. The number of hydrogen-bond acceptors (Lipinski definition) is 1. The van der Waals surface area contributed by atoms with E-state index in [0.717, 1.165) is 28.5 Å². The second kappa shape index (κ2) is 3.78. The SMILES string of the molecule is CCn1c(Cl)c(C)c2cccc(OC)c21. The predicted molar refractivity (Wildman–Crippen MR) is 63.9 cm³/mol. The third-order valence-electron chi connectivity index (χ3n) is 2.76. The average Bonchev–Trinajstić information content (AvgIpc) is 2.52. The monoisotopic (exact) mass is 223 g/mol. The Kier molecular flexibility index (Phi) is 2.61. The zero-order valence-electron chi connectivity index (χ0n) is 9.17. The maximum atomic E-state index is 6.27. The van der Waals surface area contributed by atoms with Crippen molar-refractivity contribution in [3.8, 4) is 5.75 Å². The molecule has 15 heavy (non-hydrogen) atoms. The molecule has 0 aliphatic rings. The van der Waals surface area contributed by atoms with Crippen molar-refractivity contribution in [1.82, 2.24) is 4.57 Å². The van der Waals surface area contributed by atoms with Gasteiger partial charge in [0.25, 0.3) is 0 Å². The van der Waals surface area contributed by atoms with Gasteiger partial charge in [-0.05, 0) is 25.5 Å². The number of methoxy groups -OCH3 is 1. The molecule has 0 amide bonds. The molecule has 2 aromatic rings. The summed E-state index contributed by atoms with van der Waals surface area (Å²) < 4.78 is 7.43. The van der Waals surface area contributed by atoms with Crippen molar-refractivity contribution < 1.29 is 4.74 Å². The van der Waals surface area contributed by atoms with Crippen molar-refractivity contribution in [2.24, 2.45) is 0 Å². The summed E-state index contributed by atoms with van der Waals surface area (Å²) in [5.41, 5.74) is 2.21. The number of ether oxygens (including phenoxy) is 1. The third kappa shape index (κ3) is 1.40. The number of benzene rings is 1. The zero-order valence-corrected chi connectivity index (χ0v) is 9.93. The number of hydrogen-bond donors (Lipinski definition) is 0. The predicted octanol–water partition coefficient (Wildman–Crippen LogP) is 3.63. The van der Waals surface area contributed by atoms with Crippen molar-refractivity contribution in [2.75, 3.05) is 7.11 Å². The van der Waals surface area contributed by atoms with E-state index in [4.69, 9.17) is 16.3 Å². The number of rotatable bonds is 2. The Morgan fingerprint density at radius 2 is 2.13 bits per heavy atom. The highest BCUT2D eigenvalue weighted by atomic mass is 35.5. The number of fused-ring (bicyclic) bond motifs is 1. The van der Waals surface area contributed by atoms with Crippen molar-refractivity contribution in [2.45, 2.75) is 20.4 Å². The highest BCUT2D eigenvalue weighted by Crippen LogP contribution is 2.34. The Morgan fingerprint density at radius 1 is 1.40 bits per heavy atom. The van der Waals surface area contributed by atoms with Crippen LogP contribution >= 0.6 is 11.6 Å². The van der Waals surface area contributed by atoms with Crippen molar-refractivity contribution in [1.29, 1.82) is 0 Å². The van der Waals surface area contributed by atoms with Crippen LogP contribution < -0.4 is 4.74 Å². The van der Waals surface area contributed by atoms with Gasteiger partial charge in [-0.1, -0.05) is 23.7 Å². The second-order valence-corrected chi connectivity index (χ2v) is 3.87. The van der Waals surface area contributed by atoms with Crippen molar-refractivity contribution in [3.63, 3.8) is 0 Å². The van der Waals surface area contributed by atoms with E-state index in [0.29, 0.717) is 0 Å². The first kappa shape index (κ1) is 10.4. The van der Waals surface area contributed by atoms with Crippen molar-refractivity contribution >= 4 is 22.5 Å². The summed E-state index contributed by atoms with van der Waals surface area (Å²) in [7, 11) is 1.69. The number of para-hydroxylation sites is 1. The minimum atomic E-state index is 0.803. The highest BCUT2D eigenvalue weighted by molar-refractivity contribution is 6.32. The first-order valence-corrected chi connectivity index (χ1v) is 5.39. The van der Waals surface area contributed by atoms with E-state index in [1.54, 1.807) is 7.11 Å². The van der Waals surface area contributed by atoms with Crippen LogP contribution in [0.5, 0.6) is 5.75 Å². The van der Waals surface area contributed by atoms with Crippen molar-refractivity contribution in [3.05, 3.63) is 28.9 Å². The molecule has 0 saturated carbocycles. The van der Waals surface area contributed by atoms with Gasteiger partial charge in [0.05, 0.1) is 12.6 Å². The molecule has 0 spiro atoms. The molecule has 0 aliphatic heterocycles. The highest BCUT2D eigenvalue weighted by Gasteiger charge is 2.14. The molecular weight excluding hydrogens is 210 g/mol. The fraction of sp³-hybridized carbons (Fsp3) is 0.333. The Labute approximate surface area is 94.4 Å². The maximum absolute atomic E-state index is 6.27. The lowest BCUT2D eigenvalue weighted by atomic mass is 10.2. The van der Waals surface area contributed by atoms with Gasteiger partial charge in [-0.3, -0.25) is 0 Å². The van der Waals surface area contributed by atoms with Crippen LogP contribution in [-0.4, -0.2) is 11.7 Å². The van der Waals surface area contributed by atoms with Crippen LogP contribution in [0.3, 0.4) is 0 Å². The summed E-state index contributed by atoms with van der Waals surface area (Å²) >= 11 is 6.27. The van der Waals surface area contributed by atoms with Gasteiger partial charge in [0.15, 0.2) is 0 Å². The number of nitrogens with zero attached hydrogens (tertiary/aromatic N) is 1. The summed E-state index contributed by atoms with van der Waals surface area (Å²) in [5.74, 6) is 0.879. The zero-order chi connectivity index (χ0) is 11.0. The second-order valence-electron chi connectivity index (χ2n) is 3.52. The molecule has 0 unspecified atom stereocenters. The maximum Gasteiger partial charge on any atom is 0.143 e. The molecule has 3 heteroatoms. The Balaban J connectivity index is 2.91. The first-order valence-electron chi connectivity index (χ1n) is 5.02. The van der Waals surface area contributed by atoms with Gasteiger partial charge in [0, 0.05) is 11.9 Å². The van der Waals surface area contributed by atoms with E-state index >= 15 is 0 Å². The van der Waals surface area contributed by atoms with Crippen LogP contribution in [0.1, 0.15) is 12.5 Å². The van der Waals surface area contributed by atoms with Crippen LogP contribution in [0.25, 0.3) is 10.9 Å². The Bertz CT molecular complexity index is 502. The van der Waals surface area contributed by atoms with E-state index in [1.807, 2.05) is 19.1 Å². The lowest BCUT2D eigenvalue weighted by Crippen LogP contribution is -1.95. The summed E-state index contributed by atoms with van der Waals surface area (Å²) in [4.78, 5) is 0. The molecule has 1 heterocycles. The van der Waals surface area contributed by atoms with E-state index in [-0.39, 0.29) is 0 Å². The normalized spacial score (nSPS) is 10.9. The topological polar surface area (TPSA) is 14.2 Å². The van der Waals surface area contributed by atoms with Gasteiger partial charge in [0.2, 0.25) is 0 Å². The van der Waals surface area contributed by atoms with E-state index in [9.17, 15) is 0 Å². The average molecular weight is 224 g/mol. The van der Waals surface area contributed by atoms with Gasteiger partial charge in [-0.2, -0.15) is 0 Å². The Hall–Kier alpha value is -1.15. The van der Waals surface area contributed by atoms with E-state index in [1.165, 1.54) is 5.39 Å². The van der Waals surface area contributed by atoms with Crippen LogP contribution in [-0.2, 0) is 6.54 Å². The lowest BCUT2D eigenvalue weighted by Gasteiger charge is -2.06. The molecule has 0 fully saturated rings. The van der Waals surface area contributed by atoms with Crippen LogP contribution in [0.15, 0.2) is 18.2 Å². The minimum Gasteiger partial charge on any atom is -0.495 e. The third-order valence-corrected chi connectivity index (χ3v) is 3.24. The fourth-order valence-corrected chi connectivity index (χ4v) is 2.28. The van der Waals surface area contributed by atoms with Crippen LogP contribution in [0, 0.1) is 6.92 Å². The molecular formula is C12H14ClNO. The molecule has 80 valence electrons. The molecule has 0 N–H and O–H groups in total. The first-order chi connectivity index (χ1) is 7.20. The molecule has 0 aliphatic carbocycles. The molecule has 2 nitrogen and oxygen atoms in total. The minimum absolute atomic E-state index is 0.803. The fourth-order valence-electron chi connectivity index (χ4n) is 1.98. The van der Waals surface area contributed by atoms with E-state index in [2.05, 4.69) is 17.6 Å². The smallest absolute Gasteiger partial charge is 0.143 e. The summed E-state index contributed by atoms with van der Waals surface area (Å²) in [6, 6.07) is 6.03. The standard InChI is InChI=1S/C12H14ClNO/c1-4-14-11-9(8(2)12(14)13)6-5-7-10(11)15-3/h5-7H,4H2,1-3H3. The van der Waals surface area contributed by atoms with Gasteiger partial charge >= 0.3 is 0 Å². The van der Waals surface area contributed by atoms with Gasteiger partial charge in [-0.25, -0.2) is 0 Å². The van der Waals surface area contributed by atoms with Crippen LogP contribution in [0.4, 0.5) is 0 Å². The molecule has 1 aromatic carbocycles. The lowest BCUT2D eigenvalue weighted by molar-refractivity contribution is 0.417. The summed E-state index contributed by atoms with van der Waals surface area (Å²) in [5, 5.41) is 1.97. The molecule has 1 aromatic heterocycles. The molecule has 2 rings (SSSR count).